The smallest absolute Gasteiger partial charge is 0.0948 e. The molecule has 2 atom stereocenters. The number of rotatable bonds is 1. The lowest BCUT2D eigenvalue weighted by atomic mass is 9.77. The Bertz CT molecular complexity index is 626. The van der Waals surface area contributed by atoms with Crippen molar-refractivity contribution in [3.63, 3.8) is 0 Å². The van der Waals surface area contributed by atoms with Crippen LogP contribution >= 0.6 is 0 Å². The molecule has 3 heterocycles. The van der Waals surface area contributed by atoms with Crippen molar-refractivity contribution in [2.24, 2.45) is 0 Å². The molecule has 1 aromatic carbocycles. The Labute approximate surface area is 117 Å². The number of aromatic nitrogens is 1. The van der Waals surface area contributed by atoms with Crippen LogP contribution in [0.2, 0.25) is 0 Å². The first-order chi connectivity index (χ1) is 9.74. The molecule has 0 spiro atoms. The number of benzene rings is 1. The zero-order valence-electron chi connectivity index (χ0n) is 11.2. The Kier molecular flexibility index (Phi) is 2.77. The van der Waals surface area contributed by atoms with Crippen LogP contribution in [0.4, 0.5) is 0 Å². The second kappa shape index (κ2) is 4.52. The van der Waals surface area contributed by atoms with Crippen LogP contribution < -0.4 is 5.32 Å². The molecule has 0 amide bonds. The molecule has 2 unspecified atom stereocenters. The van der Waals surface area contributed by atoms with Crippen molar-refractivity contribution in [3.05, 3.63) is 42.2 Å². The van der Waals surface area contributed by atoms with Gasteiger partial charge in [-0.1, -0.05) is 24.3 Å². The minimum absolute atomic E-state index is 0.228. The molecule has 4 nitrogen and oxygen atoms in total. The van der Waals surface area contributed by atoms with Gasteiger partial charge in [-0.15, -0.1) is 0 Å². The zero-order valence-corrected chi connectivity index (χ0v) is 11.2. The second-order valence-corrected chi connectivity index (χ2v) is 5.95. The largest absolute Gasteiger partial charge is 0.385 e. The summed E-state index contributed by atoms with van der Waals surface area (Å²) < 4.78 is 5.56. The van der Waals surface area contributed by atoms with Crippen LogP contribution in [0.25, 0.3) is 10.8 Å². The SMILES string of the molecule is OC1(c2cncc3ccccc23)CC2COCC(C1)N2. The highest BCUT2D eigenvalue weighted by molar-refractivity contribution is 5.85. The van der Waals surface area contributed by atoms with E-state index in [0.717, 1.165) is 16.3 Å². The summed E-state index contributed by atoms with van der Waals surface area (Å²) >= 11 is 0. The summed E-state index contributed by atoms with van der Waals surface area (Å²) in [6, 6.07) is 8.58. The van der Waals surface area contributed by atoms with Crippen LogP contribution in [-0.4, -0.2) is 35.4 Å². The van der Waals surface area contributed by atoms with Gasteiger partial charge in [-0.2, -0.15) is 0 Å². The molecule has 1 aromatic heterocycles. The molecule has 4 heteroatoms. The predicted molar refractivity (Wildman–Crippen MR) is 76.4 cm³/mol. The number of piperidine rings is 1. The minimum Gasteiger partial charge on any atom is -0.385 e. The van der Waals surface area contributed by atoms with E-state index in [1.54, 1.807) is 0 Å². The monoisotopic (exact) mass is 270 g/mol. The van der Waals surface area contributed by atoms with Crippen molar-refractivity contribution in [3.8, 4) is 0 Å². The Morgan fingerprint density at radius 1 is 1.15 bits per heavy atom. The number of aliphatic hydroxyl groups is 1. The van der Waals surface area contributed by atoms with E-state index in [9.17, 15) is 5.11 Å². The van der Waals surface area contributed by atoms with E-state index in [2.05, 4.69) is 16.4 Å². The number of morpholine rings is 1. The van der Waals surface area contributed by atoms with Gasteiger partial charge < -0.3 is 15.2 Å². The summed E-state index contributed by atoms with van der Waals surface area (Å²) in [5, 5.41) is 16.9. The molecule has 2 aliphatic rings. The maximum absolute atomic E-state index is 11.2. The van der Waals surface area contributed by atoms with Crippen molar-refractivity contribution in [1.29, 1.82) is 0 Å². The molecular formula is C16H18N2O2. The average Bonchev–Trinajstić information content (AvgIpc) is 2.46. The summed E-state index contributed by atoms with van der Waals surface area (Å²) in [6.07, 6.45) is 5.04. The van der Waals surface area contributed by atoms with E-state index in [1.165, 1.54) is 0 Å². The second-order valence-electron chi connectivity index (χ2n) is 5.95. The van der Waals surface area contributed by atoms with E-state index >= 15 is 0 Å². The molecule has 2 aromatic rings. The molecule has 0 saturated carbocycles. The molecule has 2 aliphatic heterocycles. The number of hydrogen-bond acceptors (Lipinski definition) is 4. The lowest BCUT2D eigenvalue weighted by molar-refractivity contribution is -0.0796. The molecule has 2 saturated heterocycles. The van der Waals surface area contributed by atoms with Gasteiger partial charge in [0.05, 0.1) is 18.8 Å². The third-order valence-corrected chi connectivity index (χ3v) is 4.45. The normalized spacial score (nSPS) is 33.2. The first kappa shape index (κ1) is 12.3. The van der Waals surface area contributed by atoms with Gasteiger partial charge in [-0.05, 0) is 18.2 Å². The number of pyridine rings is 1. The van der Waals surface area contributed by atoms with Gasteiger partial charge in [0.1, 0.15) is 0 Å². The number of nitrogens with zero attached hydrogens (tertiary/aromatic N) is 1. The summed E-state index contributed by atoms with van der Waals surface area (Å²) in [5.41, 5.74) is 0.145. The first-order valence-corrected chi connectivity index (χ1v) is 7.14. The molecule has 4 rings (SSSR count). The number of hydrogen-bond donors (Lipinski definition) is 2. The van der Waals surface area contributed by atoms with Crippen molar-refractivity contribution < 1.29 is 9.84 Å². The fraction of sp³-hybridized carbons (Fsp3) is 0.438. The Morgan fingerprint density at radius 3 is 2.70 bits per heavy atom. The van der Waals surface area contributed by atoms with E-state index in [-0.39, 0.29) is 12.1 Å². The Hall–Kier alpha value is -1.49. The van der Waals surface area contributed by atoms with Gasteiger partial charge in [0.15, 0.2) is 0 Å². The molecule has 104 valence electrons. The van der Waals surface area contributed by atoms with Crippen LogP contribution in [0.5, 0.6) is 0 Å². The van der Waals surface area contributed by atoms with Crippen molar-refractivity contribution in [2.45, 2.75) is 30.5 Å². The fourth-order valence-corrected chi connectivity index (χ4v) is 3.62. The van der Waals surface area contributed by atoms with Gasteiger partial charge in [0.2, 0.25) is 0 Å². The standard InChI is InChI=1S/C16H18N2O2/c19-16(5-12-9-20-10-13(6-16)18-12)15-8-17-7-11-3-1-2-4-14(11)15/h1-4,7-8,12-13,18-19H,5-6,9-10H2. The quantitative estimate of drug-likeness (QED) is 0.826. The lowest BCUT2D eigenvalue weighted by Crippen LogP contribution is -2.58. The van der Waals surface area contributed by atoms with Gasteiger partial charge in [-0.3, -0.25) is 4.98 Å². The van der Waals surface area contributed by atoms with Crippen molar-refractivity contribution >= 4 is 10.8 Å². The van der Waals surface area contributed by atoms with Crippen molar-refractivity contribution in [2.75, 3.05) is 13.2 Å². The zero-order chi connectivity index (χ0) is 13.6. The van der Waals surface area contributed by atoms with Crippen LogP contribution in [0.1, 0.15) is 18.4 Å². The summed E-state index contributed by atoms with van der Waals surface area (Å²) in [4.78, 5) is 4.32. The summed E-state index contributed by atoms with van der Waals surface area (Å²) in [6.45, 7) is 1.36. The molecule has 20 heavy (non-hydrogen) atoms. The molecular weight excluding hydrogens is 252 g/mol. The van der Waals surface area contributed by atoms with Crippen LogP contribution in [0.3, 0.4) is 0 Å². The van der Waals surface area contributed by atoms with Crippen LogP contribution in [-0.2, 0) is 10.3 Å². The van der Waals surface area contributed by atoms with Gasteiger partial charge in [0, 0.05) is 35.4 Å². The highest BCUT2D eigenvalue weighted by Crippen LogP contribution is 2.39. The molecule has 2 bridgehead atoms. The van der Waals surface area contributed by atoms with Gasteiger partial charge in [-0.25, -0.2) is 0 Å². The van der Waals surface area contributed by atoms with Crippen LogP contribution in [0.15, 0.2) is 36.7 Å². The third kappa shape index (κ3) is 1.92. The van der Waals surface area contributed by atoms with E-state index in [0.29, 0.717) is 26.1 Å². The Morgan fingerprint density at radius 2 is 1.90 bits per heavy atom. The first-order valence-electron chi connectivity index (χ1n) is 7.14. The minimum atomic E-state index is -0.807. The van der Waals surface area contributed by atoms with Gasteiger partial charge >= 0.3 is 0 Å². The van der Waals surface area contributed by atoms with Gasteiger partial charge in [0.25, 0.3) is 0 Å². The average molecular weight is 270 g/mol. The summed E-state index contributed by atoms with van der Waals surface area (Å²) in [7, 11) is 0. The van der Waals surface area contributed by atoms with Crippen molar-refractivity contribution in [1.82, 2.24) is 10.3 Å². The topological polar surface area (TPSA) is 54.4 Å². The summed E-state index contributed by atoms with van der Waals surface area (Å²) in [5.74, 6) is 0. The number of ether oxygens (including phenoxy) is 1. The Balaban J connectivity index is 1.81. The van der Waals surface area contributed by atoms with E-state index in [4.69, 9.17) is 4.74 Å². The van der Waals surface area contributed by atoms with Crippen LogP contribution in [0, 0.1) is 0 Å². The molecule has 2 fully saturated rings. The molecule has 0 radical (unpaired) electrons. The maximum Gasteiger partial charge on any atom is 0.0948 e. The molecule has 0 aliphatic carbocycles. The van der Waals surface area contributed by atoms with E-state index < -0.39 is 5.60 Å². The molecule has 2 N–H and O–H groups in total. The fourth-order valence-electron chi connectivity index (χ4n) is 3.62. The highest BCUT2D eigenvalue weighted by Gasteiger charge is 2.43. The highest BCUT2D eigenvalue weighted by atomic mass is 16.5. The third-order valence-electron chi connectivity index (χ3n) is 4.45. The number of nitrogens with one attached hydrogen (secondary N) is 1. The number of fused-ring (bicyclic) bond motifs is 3. The predicted octanol–water partition coefficient (Wildman–Crippen LogP) is 1.57. The maximum atomic E-state index is 11.2. The van der Waals surface area contributed by atoms with E-state index in [1.807, 2.05) is 30.6 Å². The lowest BCUT2D eigenvalue weighted by Gasteiger charge is -2.45.